The Bertz CT molecular complexity index is 275. The lowest BCUT2D eigenvalue weighted by molar-refractivity contribution is -0.131. The van der Waals surface area contributed by atoms with Gasteiger partial charge in [0.25, 0.3) is 0 Å². The van der Waals surface area contributed by atoms with Gasteiger partial charge >= 0.3 is 0 Å². The van der Waals surface area contributed by atoms with Gasteiger partial charge in [-0.15, -0.1) is 0 Å². The highest BCUT2D eigenvalue weighted by Crippen LogP contribution is 2.35. The van der Waals surface area contributed by atoms with Crippen molar-refractivity contribution in [1.82, 2.24) is 5.32 Å². The third-order valence-corrected chi connectivity index (χ3v) is 3.13. The molecule has 0 bridgehead atoms. The van der Waals surface area contributed by atoms with Crippen molar-refractivity contribution in [3.05, 3.63) is 0 Å². The molecule has 0 saturated heterocycles. The quantitative estimate of drug-likeness (QED) is 0.625. The number of amides is 1. The maximum atomic E-state index is 11.9. The lowest BCUT2D eigenvalue weighted by atomic mass is 9.74. The number of hydrogen-bond donors (Lipinski definition) is 3. The highest BCUT2D eigenvalue weighted by Gasteiger charge is 2.40. The number of aliphatic hydroxyl groups excluding tert-OH is 2. The van der Waals surface area contributed by atoms with Crippen LogP contribution < -0.4 is 5.32 Å². The van der Waals surface area contributed by atoms with Crippen LogP contribution in [-0.4, -0.2) is 35.4 Å². The number of hydrogen-bond acceptors (Lipinski definition) is 4. The minimum absolute atomic E-state index is 0.316. The van der Waals surface area contributed by atoms with Gasteiger partial charge in [-0.05, 0) is 12.8 Å². The minimum atomic E-state index is -0.957. The van der Waals surface area contributed by atoms with Gasteiger partial charge in [-0.3, -0.25) is 4.79 Å². The first-order valence-electron chi connectivity index (χ1n) is 5.62. The van der Waals surface area contributed by atoms with Crippen molar-refractivity contribution in [2.24, 2.45) is 5.41 Å². The van der Waals surface area contributed by atoms with E-state index >= 15 is 0 Å². The van der Waals surface area contributed by atoms with E-state index in [-0.39, 0.29) is 19.1 Å². The van der Waals surface area contributed by atoms with Crippen LogP contribution in [0.4, 0.5) is 0 Å². The summed E-state index contributed by atoms with van der Waals surface area (Å²) in [5, 5.41) is 29.4. The Morgan fingerprint density at radius 3 is 2.31 bits per heavy atom. The largest absolute Gasteiger partial charge is 0.394 e. The average Bonchev–Trinajstić information content (AvgIpc) is 2.36. The molecule has 5 nitrogen and oxygen atoms in total. The van der Waals surface area contributed by atoms with E-state index in [0.29, 0.717) is 12.8 Å². The molecule has 1 aliphatic rings. The minimum Gasteiger partial charge on any atom is -0.394 e. The molecule has 90 valence electrons. The predicted molar refractivity (Wildman–Crippen MR) is 57.2 cm³/mol. The van der Waals surface area contributed by atoms with Crippen LogP contribution in [0.5, 0.6) is 0 Å². The maximum Gasteiger partial charge on any atom is 0.240 e. The Balaban J connectivity index is 2.65. The highest BCUT2D eigenvalue weighted by atomic mass is 16.3. The van der Waals surface area contributed by atoms with Gasteiger partial charge in [0, 0.05) is 0 Å². The lowest BCUT2D eigenvalue weighted by Gasteiger charge is -2.30. The number of aliphatic hydroxyl groups is 2. The van der Waals surface area contributed by atoms with Crippen molar-refractivity contribution >= 4 is 5.91 Å². The molecule has 3 N–H and O–H groups in total. The number of rotatable bonds is 4. The molecule has 0 aromatic heterocycles. The smallest absolute Gasteiger partial charge is 0.240 e. The van der Waals surface area contributed by atoms with E-state index in [1.165, 1.54) is 0 Å². The molecule has 0 atom stereocenters. The molecule has 0 aromatic carbocycles. The second-order valence-electron chi connectivity index (χ2n) is 4.29. The van der Waals surface area contributed by atoms with E-state index < -0.39 is 11.5 Å². The van der Waals surface area contributed by atoms with Gasteiger partial charge in [-0.2, -0.15) is 5.26 Å². The third kappa shape index (κ3) is 2.71. The zero-order valence-corrected chi connectivity index (χ0v) is 9.28. The van der Waals surface area contributed by atoms with Gasteiger partial charge < -0.3 is 15.5 Å². The summed E-state index contributed by atoms with van der Waals surface area (Å²) in [4.78, 5) is 11.9. The van der Waals surface area contributed by atoms with Gasteiger partial charge in [0.15, 0.2) is 0 Å². The molecule has 1 saturated carbocycles. The number of carbonyl (C=O) groups is 1. The van der Waals surface area contributed by atoms with Crippen LogP contribution in [0.3, 0.4) is 0 Å². The maximum absolute atomic E-state index is 11.9. The van der Waals surface area contributed by atoms with Crippen LogP contribution >= 0.6 is 0 Å². The Labute approximate surface area is 95.1 Å². The van der Waals surface area contributed by atoms with Crippen molar-refractivity contribution in [2.75, 3.05) is 13.2 Å². The number of nitrogens with zero attached hydrogens (tertiary/aromatic N) is 1. The van der Waals surface area contributed by atoms with Gasteiger partial charge in [0.1, 0.15) is 5.41 Å². The van der Waals surface area contributed by atoms with Gasteiger partial charge in [0.05, 0.1) is 25.3 Å². The topological polar surface area (TPSA) is 93.4 Å². The molecular weight excluding hydrogens is 208 g/mol. The van der Waals surface area contributed by atoms with Crippen molar-refractivity contribution in [3.63, 3.8) is 0 Å². The van der Waals surface area contributed by atoms with Crippen LogP contribution in [0.2, 0.25) is 0 Å². The molecule has 0 heterocycles. The summed E-state index contributed by atoms with van der Waals surface area (Å²) in [7, 11) is 0. The molecule has 0 radical (unpaired) electrons. The van der Waals surface area contributed by atoms with Crippen molar-refractivity contribution in [1.29, 1.82) is 5.26 Å². The Kier molecular flexibility index (Phi) is 4.71. The van der Waals surface area contributed by atoms with Crippen molar-refractivity contribution < 1.29 is 15.0 Å². The fraction of sp³-hybridized carbons (Fsp3) is 0.818. The molecule has 0 spiro atoms. The summed E-state index contributed by atoms with van der Waals surface area (Å²) < 4.78 is 0. The molecule has 1 aliphatic carbocycles. The van der Waals surface area contributed by atoms with E-state index in [9.17, 15) is 4.79 Å². The monoisotopic (exact) mass is 226 g/mol. The first-order chi connectivity index (χ1) is 7.68. The van der Waals surface area contributed by atoms with Crippen LogP contribution in [0, 0.1) is 16.7 Å². The van der Waals surface area contributed by atoms with E-state index in [0.717, 1.165) is 19.3 Å². The Morgan fingerprint density at radius 2 is 1.88 bits per heavy atom. The van der Waals surface area contributed by atoms with Crippen molar-refractivity contribution in [2.45, 2.75) is 38.1 Å². The van der Waals surface area contributed by atoms with Crippen LogP contribution in [-0.2, 0) is 4.79 Å². The summed E-state index contributed by atoms with van der Waals surface area (Å²) >= 11 is 0. The second kappa shape index (κ2) is 5.83. The third-order valence-electron chi connectivity index (χ3n) is 3.13. The summed E-state index contributed by atoms with van der Waals surface area (Å²) in [5.74, 6) is -0.359. The Hall–Kier alpha value is -1.12. The van der Waals surface area contributed by atoms with E-state index in [1.807, 2.05) is 0 Å². The zero-order chi connectivity index (χ0) is 12.0. The summed E-state index contributed by atoms with van der Waals surface area (Å²) in [6.45, 7) is -0.631. The van der Waals surface area contributed by atoms with E-state index in [1.54, 1.807) is 0 Å². The molecule has 0 aliphatic heterocycles. The fourth-order valence-corrected chi connectivity index (χ4v) is 2.02. The van der Waals surface area contributed by atoms with Crippen molar-refractivity contribution in [3.8, 4) is 6.07 Å². The molecule has 1 fully saturated rings. The molecule has 0 unspecified atom stereocenters. The van der Waals surface area contributed by atoms with Gasteiger partial charge in [-0.1, -0.05) is 19.3 Å². The van der Waals surface area contributed by atoms with Crippen LogP contribution in [0.1, 0.15) is 32.1 Å². The molecule has 5 heteroatoms. The molecule has 1 rings (SSSR count). The summed E-state index contributed by atoms with van der Waals surface area (Å²) in [5.41, 5.74) is -0.957. The van der Waals surface area contributed by atoms with Crippen LogP contribution in [0.25, 0.3) is 0 Å². The molecule has 1 amide bonds. The summed E-state index contributed by atoms with van der Waals surface area (Å²) in [6.07, 6.45) is 3.95. The average molecular weight is 226 g/mol. The van der Waals surface area contributed by atoms with E-state index in [4.69, 9.17) is 15.5 Å². The predicted octanol–water partition coefficient (Wildman–Crippen LogP) is -0.0701. The Morgan fingerprint density at radius 1 is 1.31 bits per heavy atom. The highest BCUT2D eigenvalue weighted by molar-refractivity contribution is 5.85. The number of nitrogens with one attached hydrogen (secondary N) is 1. The molecular formula is C11H18N2O3. The zero-order valence-electron chi connectivity index (χ0n) is 9.28. The van der Waals surface area contributed by atoms with Gasteiger partial charge in [0.2, 0.25) is 5.91 Å². The standard InChI is InChI=1S/C11H18N2O3/c12-8-11(4-2-1-3-5-11)10(16)13-9(6-14)7-15/h9,14-15H,1-7H2,(H,13,16). The number of carbonyl (C=O) groups excluding carboxylic acids is 1. The first kappa shape index (κ1) is 12.9. The SMILES string of the molecule is N#CC1(C(=O)NC(CO)CO)CCCCC1. The molecule has 16 heavy (non-hydrogen) atoms. The van der Waals surface area contributed by atoms with Gasteiger partial charge in [-0.25, -0.2) is 0 Å². The lowest BCUT2D eigenvalue weighted by Crippen LogP contribution is -2.48. The second-order valence-corrected chi connectivity index (χ2v) is 4.29. The van der Waals surface area contributed by atoms with E-state index in [2.05, 4.69) is 11.4 Å². The number of nitriles is 1. The first-order valence-corrected chi connectivity index (χ1v) is 5.62. The summed E-state index contributed by atoms with van der Waals surface area (Å²) in [6, 6.07) is 1.43. The normalized spacial score (nSPS) is 19.1. The van der Waals surface area contributed by atoms with Crippen LogP contribution in [0.15, 0.2) is 0 Å². The molecule has 0 aromatic rings. The fourth-order valence-electron chi connectivity index (χ4n) is 2.02.